The van der Waals surface area contributed by atoms with Crippen molar-refractivity contribution in [1.29, 1.82) is 5.26 Å². The summed E-state index contributed by atoms with van der Waals surface area (Å²) < 4.78 is 51.7. The predicted octanol–water partition coefficient (Wildman–Crippen LogP) is 4.10. The minimum atomic E-state index is -4.89. The molecule has 0 atom stereocenters. The van der Waals surface area contributed by atoms with E-state index < -0.39 is 17.9 Å². The van der Waals surface area contributed by atoms with Crippen LogP contribution in [0.3, 0.4) is 0 Å². The van der Waals surface area contributed by atoms with Crippen molar-refractivity contribution in [3.05, 3.63) is 59.2 Å². The summed E-state index contributed by atoms with van der Waals surface area (Å²) in [4.78, 5) is 12.5. The van der Waals surface area contributed by atoms with E-state index in [2.05, 4.69) is 4.74 Å². The topological polar surface area (TPSA) is 68.5 Å². The zero-order chi connectivity index (χ0) is 18.7. The van der Waals surface area contributed by atoms with Gasteiger partial charge in [-0.25, -0.2) is 0 Å². The Morgan fingerprint density at radius 2 is 1.88 bits per heavy atom. The Morgan fingerprint density at radius 3 is 2.62 bits per heavy atom. The predicted molar refractivity (Wildman–Crippen MR) is 83.6 cm³/mol. The van der Waals surface area contributed by atoms with Gasteiger partial charge in [-0.3, -0.25) is 4.79 Å². The van der Waals surface area contributed by atoms with Crippen molar-refractivity contribution in [3.63, 3.8) is 0 Å². The summed E-state index contributed by atoms with van der Waals surface area (Å²) >= 11 is 0. The Hall–Kier alpha value is -3.47. The van der Waals surface area contributed by atoms with Crippen molar-refractivity contribution in [3.8, 4) is 23.3 Å². The molecule has 1 heterocycles. The smallest absolute Gasteiger partial charge is 0.454 e. The normalized spacial score (nSPS) is 13.2. The second-order valence-corrected chi connectivity index (χ2v) is 5.15. The summed E-state index contributed by atoms with van der Waals surface area (Å²) in [7, 11) is 0. The third kappa shape index (κ3) is 3.78. The molecule has 0 bridgehead atoms. The van der Waals surface area contributed by atoms with Crippen molar-refractivity contribution >= 4 is 11.9 Å². The van der Waals surface area contributed by atoms with Gasteiger partial charge in [0, 0.05) is 11.1 Å². The van der Waals surface area contributed by atoms with E-state index in [9.17, 15) is 23.2 Å². The number of fused-ring (bicyclic) bond motifs is 1. The van der Waals surface area contributed by atoms with Crippen LogP contribution in [0.5, 0.6) is 17.2 Å². The molecule has 2 aromatic rings. The maximum Gasteiger partial charge on any atom is 0.573 e. The average Bonchev–Trinajstić information content (AvgIpc) is 3.06. The second kappa shape index (κ2) is 6.80. The molecule has 0 amide bonds. The van der Waals surface area contributed by atoms with E-state index in [4.69, 9.17) is 9.47 Å². The molecule has 0 radical (unpaired) electrons. The fourth-order valence-corrected chi connectivity index (χ4v) is 2.31. The maximum absolute atomic E-state index is 12.5. The van der Waals surface area contributed by atoms with Gasteiger partial charge in [0.1, 0.15) is 17.4 Å². The van der Waals surface area contributed by atoms with Crippen LogP contribution in [0.4, 0.5) is 13.2 Å². The van der Waals surface area contributed by atoms with Crippen LogP contribution in [0.2, 0.25) is 0 Å². The Balaban J connectivity index is 1.94. The first-order valence-corrected chi connectivity index (χ1v) is 7.28. The maximum atomic E-state index is 12.5. The zero-order valence-electron chi connectivity index (χ0n) is 13.0. The van der Waals surface area contributed by atoms with Crippen LogP contribution in [0.25, 0.3) is 6.08 Å². The summed E-state index contributed by atoms with van der Waals surface area (Å²) in [5.41, 5.74) is -0.242. The fourth-order valence-electron chi connectivity index (χ4n) is 2.31. The van der Waals surface area contributed by atoms with Crippen molar-refractivity contribution in [2.75, 3.05) is 6.79 Å². The molecule has 0 fully saturated rings. The monoisotopic (exact) mass is 361 g/mol. The number of nitriles is 1. The number of nitrogens with zero attached hydrogens (tertiary/aromatic N) is 1. The molecule has 0 aromatic heterocycles. The van der Waals surface area contributed by atoms with Gasteiger partial charge in [-0.05, 0) is 30.3 Å². The lowest BCUT2D eigenvalue weighted by molar-refractivity contribution is -0.274. The molecule has 132 valence electrons. The highest BCUT2D eigenvalue weighted by Crippen LogP contribution is 2.33. The van der Waals surface area contributed by atoms with Gasteiger partial charge in [-0.15, -0.1) is 13.2 Å². The van der Waals surface area contributed by atoms with Crippen LogP contribution in [0.1, 0.15) is 15.9 Å². The average molecular weight is 361 g/mol. The van der Waals surface area contributed by atoms with Crippen molar-refractivity contribution in [2.45, 2.75) is 6.36 Å². The van der Waals surface area contributed by atoms with E-state index in [1.165, 1.54) is 36.4 Å². The summed E-state index contributed by atoms with van der Waals surface area (Å²) in [6.45, 7) is 0.0239. The van der Waals surface area contributed by atoms with Crippen LogP contribution in [-0.2, 0) is 0 Å². The molecule has 2 aromatic carbocycles. The van der Waals surface area contributed by atoms with Crippen molar-refractivity contribution < 1.29 is 32.2 Å². The van der Waals surface area contributed by atoms with Crippen molar-refractivity contribution in [2.24, 2.45) is 0 Å². The number of Topliss-reactive ketones (excluding diaryl/α,β-unsaturated/α-hetero) is 1. The lowest BCUT2D eigenvalue weighted by Gasteiger charge is -2.11. The van der Waals surface area contributed by atoms with E-state index in [-0.39, 0.29) is 23.5 Å². The summed E-state index contributed by atoms with van der Waals surface area (Å²) in [6.07, 6.45) is -3.84. The molecule has 0 aliphatic carbocycles. The number of benzene rings is 2. The third-order valence-electron chi connectivity index (χ3n) is 3.44. The van der Waals surface area contributed by atoms with Gasteiger partial charge in [0.2, 0.25) is 12.6 Å². The van der Waals surface area contributed by atoms with E-state index in [0.717, 1.165) is 12.1 Å². The molecule has 0 unspecified atom stereocenters. The number of hydrogen-bond donors (Lipinski definition) is 0. The van der Waals surface area contributed by atoms with Gasteiger partial charge < -0.3 is 14.2 Å². The minimum Gasteiger partial charge on any atom is -0.454 e. The van der Waals surface area contributed by atoms with Crippen molar-refractivity contribution in [1.82, 2.24) is 0 Å². The van der Waals surface area contributed by atoms with Crippen LogP contribution in [0, 0.1) is 11.3 Å². The van der Waals surface area contributed by atoms with Crippen LogP contribution in [-0.4, -0.2) is 18.9 Å². The molecule has 0 saturated heterocycles. The molecule has 3 rings (SSSR count). The lowest BCUT2D eigenvalue weighted by atomic mass is 10.0. The summed E-state index contributed by atoms with van der Waals surface area (Å²) in [6, 6.07) is 11.3. The van der Waals surface area contributed by atoms with Gasteiger partial charge in [-0.2, -0.15) is 5.26 Å². The van der Waals surface area contributed by atoms with Crippen LogP contribution < -0.4 is 14.2 Å². The number of alkyl halides is 3. The van der Waals surface area contributed by atoms with Crippen LogP contribution >= 0.6 is 0 Å². The highest BCUT2D eigenvalue weighted by Gasteiger charge is 2.32. The number of hydrogen-bond acceptors (Lipinski definition) is 5. The molecular formula is C18H10F3NO4. The number of halogens is 3. The first-order chi connectivity index (χ1) is 12.4. The van der Waals surface area contributed by atoms with E-state index >= 15 is 0 Å². The summed E-state index contributed by atoms with van der Waals surface area (Å²) in [5.74, 6) is -0.347. The quantitative estimate of drug-likeness (QED) is 0.466. The number of allylic oxidation sites excluding steroid dienone is 1. The molecule has 5 nitrogen and oxygen atoms in total. The van der Waals surface area contributed by atoms with Gasteiger partial charge in [0.15, 0.2) is 11.5 Å². The minimum absolute atomic E-state index is 0.0239. The van der Waals surface area contributed by atoms with E-state index in [1.807, 2.05) is 0 Å². The highest BCUT2D eigenvalue weighted by molar-refractivity contribution is 6.14. The second-order valence-electron chi connectivity index (χ2n) is 5.15. The van der Waals surface area contributed by atoms with Gasteiger partial charge >= 0.3 is 6.36 Å². The Bertz CT molecular complexity index is 929. The number of ether oxygens (including phenoxy) is 3. The molecular weight excluding hydrogens is 351 g/mol. The van der Waals surface area contributed by atoms with Crippen LogP contribution in [0.15, 0.2) is 48.0 Å². The highest BCUT2D eigenvalue weighted by atomic mass is 19.4. The Morgan fingerprint density at radius 1 is 1.15 bits per heavy atom. The molecule has 1 aliphatic rings. The molecule has 0 spiro atoms. The first kappa shape index (κ1) is 17.4. The fraction of sp³-hybridized carbons (Fsp3) is 0.111. The molecule has 8 heteroatoms. The van der Waals surface area contributed by atoms with E-state index in [0.29, 0.717) is 11.5 Å². The largest absolute Gasteiger partial charge is 0.573 e. The summed E-state index contributed by atoms with van der Waals surface area (Å²) in [5, 5.41) is 9.28. The van der Waals surface area contributed by atoms with E-state index in [1.54, 1.807) is 6.07 Å². The third-order valence-corrected chi connectivity index (χ3v) is 3.44. The van der Waals surface area contributed by atoms with Gasteiger partial charge in [0.05, 0.1) is 0 Å². The first-order valence-electron chi connectivity index (χ1n) is 7.28. The molecule has 0 N–H and O–H groups in total. The van der Waals surface area contributed by atoms with Gasteiger partial charge in [0.25, 0.3) is 0 Å². The number of ketones is 1. The SMILES string of the molecule is N#C/C(=C/c1ccccc1OC(F)(F)F)C(=O)c1ccc2c(c1)OCO2. The number of para-hydroxylation sites is 1. The number of rotatable bonds is 4. The molecule has 26 heavy (non-hydrogen) atoms. The zero-order valence-corrected chi connectivity index (χ0v) is 13.0. The Kier molecular flexibility index (Phi) is 4.54. The van der Waals surface area contributed by atoms with Gasteiger partial charge in [-0.1, -0.05) is 18.2 Å². The lowest BCUT2D eigenvalue weighted by Crippen LogP contribution is -2.17. The molecule has 1 aliphatic heterocycles. The Labute approximate surface area is 145 Å². The number of carbonyl (C=O) groups is 1. The molecule has 0 saturated carbocycles. The standard InChI is InChI=1S/C18H10F3NO4/c19-18(20,21)26-14-4-2-1-3-11(14)7-13(9-22)17(23)12-5-6-15-16(8-12)25-10-24-15/h1-8H,10H2/b13-7-. The number of carbonyl (C=O) groups excluding carboxylic acids is 1.